The van der Waals surface area contributed by atoms with Gasteiger partial charge >= 0.3 is 0 Å². The van der Waals surface area contributed by atoms with Crippen LogP contribution in [0.5, 0.6) is 0 Å². The summed E-state index contributed by atoms with van der Waals surface area (Å²) in [7, 11) is 0. The highest BCUT2D eigenvalue weighted by atomic mass is 15.3. The minimum absolute atomic E-state index is 0.0974. The second kappa shape index (κ2) is 6.33. The minimum atomic E-state index is 0.0974. The summed E-state index contributed by atoms with van der Waals surface area (Å²) in [5.41, 5.74) is 4.19. The van der Waals surface area contributed by atoms with E-state index in [-0.39, 0.29) is 6.04 Å². The summed E-state index contributed by atoms with van der Waals surface area (Å²) in [4.78, 5) is 4.39. The van der Waals surface area contributed by atoms with E-state index in [0.29, 0.717) is 0 Å². The van der Waals surface area contributed by atoms with Crippen LogP contribution in [0.3, 0.4) is 0 Å². The number of rotatable bonds is 6. The van der Waals surface area contributed by atoms with Crippen molar-refractivity contribution in [3.8, 4) is 0 Å². The number of nitrogens with two attached hydrogens (primary N) is 1. The third-order valence-electron chi connectivity index (χ3n) is 3.17. The van der Waals surface area contributed by atoms with Crippen molar-refractivity contribution in [3.63, 3.8) is 0 Å². The first-order valence-electron chi connectivity index (χ1n) is 6.36. The Labute approximate surface area is 108 Å². The Kier molecular flexibility index (Phi) is 4.50. The SMILES string of the molecule is CCn1ccnc1C(CCc1ccccc1)NN. The predicted molar refractivity (Wildman–Crippen MR) is 72.7 cm³/mol. The largest absolute Gasteiger partial charge is 0.334 e. The van der Waals surface area contributed by atoms with Gasteiger partial charge in [0.2, 0.25) is 0 Å². The van der Waals surface area contributed by atoms with E-state index < -0.39 is 0 Å². The molecule has 2 rings (SSSR count). The summed E-state index contributed by atoms with van der Waals surface area (Å²) < 4.78 is 2.12. The highest BCUT2D eigenvalue weighted by Crippen LogP contribution is 2.17. The molecule has 0 saturated carbocycles. The fourth-order valence-corrected chi connectivity index (χ4v) is 2.14. The molecule has 0 fully saturated rings. The van der Waals surface area contributed by atoms with E-state index in [1.165, 1.54) is 5.56 Å². The number of hydrogen-bond acceptors (Lipinski definition) is 3. The van der Waals surface area contributed by atoms with Crippen LogP contribution in [0, 0.1) is 0 Å². The average molecular weight is 244 g/mol. The molecule has 0 aliphatic heterocycles. The maximum Gasteiger partial charge on any atom is 0.127 e. The molecule has 0 aliphatic carbocycles. The van der Waals surface area contributed by atoms with Crippen LogP contribution in [0.25, 0.3) is 0 Å². The number of aromatic nitrogens is 2. The molecule has 96 valence electrons. The number of nitrogens with one attached hydrogen (secondary N) is 1. The quantitative estimate of drug-likeness (QED) is 0.604. The smallest absolute Gasteiger partial charge is 0.127 e. The molecule has 1 heterocycles. The lowest BCUT2D eigenvalue weighted by atomic mass is 10.1. The van der Waals surface area contributed by atoms with Crippen molar-refractivity contribution in [3.05, 3.63) is 54.1 Å². The number of nitrogens with zero attached hydrogens (tertiary/aromatic N) is 2. The molecule has 0 radical (unpaired) electrons. The van der Waals surface area contributed by atoms with Crippen molar-refractivity contribution in [2.45, 2.75) is 32.4 Å². The lowest BCUT2D eigenvalue weighted by molar-refractivity contribution is 0.469. The summed E-state index contributed by atoms with van der Waals surface area (Å²) in [5, 5.41) is 0. The molecule has 1 unspecified atom stereocenters. The van der Waals surface area contributed by atoms with Crippen LogP contribution in [-0.4, -0.2) is 9.55 Å². The third-order valence-corrected chi connectivity index (χ3v) is 3.17. The summed E-state index contributed by atoms with van der Waals surface area (Å²) in [6.45, 7) is 3.02. The van der Waals surface area contributed by atoms with Gasteiger partial charge in [-0.25, -0.2) is 10.4 Å². The lowest BCUT2D eigenvalue weighted by Crippen LogP contribution is -2.30. The van der Waals surface area contributed by atoms with Crippen molar-refractivity contribution in [2.24, 2.45) is 5.84 Å². The van der Waals surface area contributed by atoms with Crippen molar-refractivity contribution < 1.29 is 0 Å². The third kappa shape index (κ3) is 2.97. The molecule has 3 N–H and O–H groups in total. The molecular weight excluding hydrogens is 224 g/mol. The first kappa shape index (κ1) is 12.8. The average Bonchev–Trinajstić information content (AvgIpc) is 2.89. The molecule has 1 aromatic carbocycles. The van der Waals surface area contributed by atoms with Gasteiger partial charge in [-0.3, -0.25) is 5.84 Å². The predicted octanol–water partition coefficient (Wildman–Crippen LogP) is 2.04. The van der Waals surface area contributed by atoms with Gasteiger partial charge in [0.25, 0.3) is 0 Å². The van der Waals surface area contributed by atoms with Crippen molar-refractivity contribution in [1.82, 2.24) is 15.0 Å². The molecule has 0 saturated heterocycles. The molecule has 0 amide bonds. The summed E-state index contributed by atoms with van der Waals surface area (Å²) >= 11 is 0. The van der Waals surface area contributed by atoms with E-state index in [0.717, 1.165) is 25.2 Å². The molecule has 0 bridgehead atoms. The van der Waals surface area contributed by atoms with Gasteiger partial charge in [0.05, 0.1) is 6.04 Å². The van der Waals surface area contributed by atoms with E-state index in [4.69, 9.17) is 5.84 Å². The Bertz CT molecular complexity index is 464. The second-order valence-electron chi connectivity index (χ2n) is 4.31. The Morgan fingerprint density at radius 3 is 2.78 bits per heavy atom. The van der Waals surface area contributed by atoms with Crippen LogP contribution < -0.4 is 11.3 Å². The monoisotopic (exact) mass is 244 g/mol. The van der Waals surface area contributed by atoms with Crippen molar-refractivity contribution >= 4 is 0 Å². The van der Waals surface area contributed by atoms with Gasteiger partial charge in [0, 0.05) is 18.9 Å². The lowest BCUT2D eigenvalue weighted by Gasteiger charge is -2.16. The van der Waals surface area contributed by atoms with Crippen LogP contribution in [0.1, 0.15) is 30.8 Å². The highest BCUT2D eigenvalue weighted by Gasteiger charge is 2.14. The zero-order valence-corrected chi connectivity index (χ0v) is 10.7. The van der Waals surface area contributed by atoms with E-state index in [9.17, 15) is 0 Å². The molecule has 0 aliphatic rings. The van der Waals surface area contributed by atoms with Gasteiger partial charge in [-0.2, -0.15) is 0 Å². The Morgan fingerprint density at radius 2 is 2.11 bits per heavy atom. The van der Waals surface area contributed by atoms with Crippen LogP contribution >= 0.6 is 0 Å². The summed E-state index contributed by atoms with van der Waals surface area (Å²) in [5.74, 6) is 6.66. The summed E-state index contributed by atoms with van der Waals surface area (Å²) in [6.07, 6.45) is 5.75. The van der Waals surface area contributed by atoms with Gasteiger partial charge in [-0.15, -0.1) is 0 Å². The minimum Gasteiger partial charge on any atom is -0.334 e. The number of hydrogen-bond donors (Lipinski definition) is 2. The molecule has 0 spiro atoms. The summed E-state index contributed by atoms with van der Waals surface area (Å²) in [6, 6.07) is 10.5. The number of benzene rings is 1. The van der Waals surface area contributed by atoms with Crippen molar-refractivity contribution in [1.29, 1.82) is 0 Å². The Morgan fingerprint density at radius 1 is 1.33 bits per heavy atom. The second-order valence-corrected chi connectivity index (χ2v) is 4.31. The zero-order valence-electron chi connectivity index (χ0n) is 10.7. The van der Waals surface area contributed by atoms with Crippen LogP contribution in [-0.2, 0) is 13.0 Å². The Balaban J connectivity index is 2.02. The Hall–Kier alpha value is -1.65. The highest BCUT2D eigenvalue weighted by molar-refractivity contribution is 5.15. The van der Waals surface area contributed by atoms with Crippen LogP contribution in [0.4, 0.5) is 0 Å². The normalized spacial score (nSPS) is 12.6. The van der Waals surface area contributed by atoms with Gasteiger partial charge < -0.3 is 4.57 Å². The van der Waals surface area contributed by atoms with Crippen LogP contribution in [0.15, 0.2) is 42.7 Å². The number of aryl methyl sites for hydroxylation is 2. The first-order chi connectivity index (χ1) is 8.85. The topological polar surface area (TPSA) is 55.9 Å². The van der Waals surface area contributed by atoms with Crippen LogP contribution in [0.2, 0.25) is 0 Å². The number of hydrazine groups is 1. The number of imidazole rings is 1. The first-order valence-corrected chi connectivity index (χ1v) is 6.36. The van der Waals surface area contributed by atoms with E-state index in [2.05, 4.69) is 46.2 Å². The molecule has 4 nitrogen and oxygen atoms in total. The molecule has 18 heavy (non-hydrogen) atoms. The van der Waals surface area contributed by atoms with Gasteiger partial charge in [0.1, 0.15) is 5.82 Å². The van der Waals surface area contributed by atoms with Gasteiger partial charge in [0.15, 0.2) is 0 Å². The molecule has 2 aromatic rings. The maximum absolute atomic E-state index is 5.65. The van der Waals surface area contributed by atoms with E-state index >= 15 is 0 Å². The molecule has 1 aromatic heterocycles. The van der Waals surface area contributed by atoms with Gasteiger partial charge in [-0.1, -0.05) is 30.3 Å². The molecular formula is C14H20N4. The fraction of sp³-hybridized carbons (Fsp3) is 0.357. The van der Waals surface area contributed by atoms with Gasteiger partial charge in [-0.05, 0) is 25.3 Å². The van der Waals surface area contributed by atoms with Crippen molar-refractivity contribution in [2.75, 3.05) is 0 Å². The standard InChI is InChI=1S/C14H20N4/c1-2-18-11-10-16-14(18)13(17-15)9-8-12-6-4-3-5-7-12/h3-7,10-11,13,17H,2,8-9,15H2,1H3. The molecule has 4 heteroatoms. The molecule has 1 atom stereocenters. The van der Waals surface area contributed by atoms with E-state index in [1.54, 1.807) is 0 Å². The zero-order chi connectivity index (χ0) is 12.8. The fourth-order valence-electron chi connectivity index (χ4n) is 2.14. The van der Waals surface area contributed by atoms with E-state index in [1.807, 2.05) is 18.5 Å². The maximum atomic E-state index is 5.65.